The molecule has 2 heteroatoms. The molecule has 1 aliphatic carbocycles. The largest absolute Gasteiger partial charge is 0.313 e. The Morgan fingerprint density at radius 1 is 1.70 bits per heavy atom. The van der Waals surface area contributed by atoms with Crippen molar-refractivity contribution in [2.24, 2.45) is 17.6 Å². The van der Waals surface area contributed by atoms with Gasteiger partial charge in [-0.1, -0.05) is 13.8 Å². The lowest BCUT2D eigenvalue weighted by atomic mass is 9.63. The van der Waals surface area contributed by atoms with Gasteiger partial charge in [-0.2, -0.15) is 5.26 Å². The Morgan fingerprint density at radius 3 is 2.40 bits per heavy atom. The van der Waals surface area contributed by atoms with Crippen LogP contribution in [0.15, 0.2) is 0 Å². The highest BCUT2D eigenvalue weighted by atomic mass is 14.8. The molecule has 0 heterocycles. The first-order chi connectivity index (χ1) is 4.60. The zero-order valence-corrected chi connectivity index (χ0v) is 6.59. The summed E-state index contributed by atoms with van der Waals surface area (Å²) in [6.45, 7) is 4.26. The lowest BCUT2D eigenvalue weighted by molar-refractivity contribution is 0.132. The second kappa shape index (κ2) is 2.25. The Balaban J connectivity index is 2.60. The Kier molecular flexibility index (Phi) is 1.70. The van der Waals surface area contributed by atoms with Gasteiger partial charge in [-0.25, -0.2) is 0 Å². The number of hydrogen-bond acceptors (Lipinski definition) is 2. The van der Waals surface area contributed by atoms with E-state index in [1.54, 1.807) is 0 Å². The van der Waals surface area contributed by atoms with Crippen LogP contribution in [-0.4, -0.2) is 5.54 Å². The fraction of sp³-hybridized carbons (Fsp3) is 0.875. The number of hydrogen-bond donors (Lipinski definition) is 1. The highest BCUT2D eigenvalue weighted by Gasteiger charge is 2.45. The van der Waals surface area contributed by atoms with Crippen LogP contribution in [0.5, 0.6) is 0 Å². The third-order valence-corrected chi connectivity index (χ3v) is 2.54. The lowest BCUT2D eigenvalue weighted by Crippen LogP contribution is -2.55. The third kappa shape index (κ3) is 0.911. The van der Waals surface area contributed by atoms with Crippen LogP contribution in [0.1, 0.15) is 26.7 Å². The second-order valence-electron chi connectivity index (χ2n) is 3.54. The maximum Gasteiger partial charge on any atom is 0.107 e. The van der Waals surface area contributed by atoms with Crippen LogP contribution < -0.4 is 5.73 Å². The summed E-state index contributed by atoms with van der Waals surface area (Å²) in [5.41, 5.74) is 5.29. The topological polar surface area (TPSA) is 49.8 Å². The second-order valence-corrected chi connectivity index (χ2v) is 3.54. The fourth-order valence-electron chi connectivity index (χ4n) is 1.69. The van der Waals surface area contributed by atoms with Crippen molar-refractivity contribution in [2.75, 3.05) is 0 Å². The average Bonchev–Trinajstić information content (AvgIpc) is 1.83. The van der Waals surface area contributed by atoms with Gasteiger partial charge in [0.15, 0.2) is 0 Å². The van der Waals surface area contributed by atoms with E-state index in [4.69, 9.17) is 11.0 Å². The first-order valence-electron chi connectivity index (χ1n) is 3.80. The molecule has 2 unspecified atom stereocenters. The van der Waals surface area contributed by atoms with Gasteiger partial charge in [-0.15, -0.1) is 0 Å². The number of rotatable bonds is 1. The Bertz CT molecular complexity index is 169. The summed E-state index contributed by atoms with van der Waals surface area (Å²) >= 11 is 0. The van der Waals surface area contributed by atoms with Gasteiger partial charge in [0.2, 0.25) is 0 Å². The summed E-state index contributed by atoms with van der Waals surface area (Å²) in [7, 11) is 0. The molecule has 0 radical (unpaired) electrons. The van der Waals surface area contributed by atoms with Crippen molar-refractivity contribution in [1.82, 2.24) is 0 Å². The molecule has 0 saturated heterocycles. The molecule has 0 spiro atoms. The monoisotopic (exact) mass is 138 g/mol. The highest BCUT2D eigenvalue weighted by Crippen LogP contribution is 2.40. The van der Waals surface area contributed by atoms with Crippen molar-refractivity contribution >= 4 is 0 Å². The van der Waals surface area contributed by atoms with Gasteiger partial charge in [0.25, 0.3) is 0 Å². The van der Waals surface area contributed by atoms with E-state index in [1.165, 1.54) is 0 Å². The van der Waals surface area contributed by atoms with E-state index in [9.17, 15) is 0 Å². The maximum absolute atomic E-state index is 8.69. The summed E-state index contributed by atoms with van der Waals surface area (Å²) in [6.07, 6.45) is 2.01. The molecule has 2 atom stereocenters. The van der Waals surface area contributed by atoms with Gasteiger partial charge in [-0.3, -0.25) is 0 Å². The molecule has 2 nitrogen and oxygen atoms in total. The van der Waals surface area contributed by atoms with Crippen molar-refractivity contribution in [1.29, 1.82) is 5.26 Å². The molecule has 2 N–H and O–H groups in total. The predicted octanol–water partition coefficient (Wildman–Crippen LogP) is 1.27. The molecule has 0 bridgehead atoms. The molecule has 1 saturated carbocycles. The smallest absolute Gasteiger partial charge is 0.107 e. The fourth-order valence-corrected chi connectivity index (χ4v) is 1.69. The van der Waals surface area contributed by atoms with Crippen molar-refractivity contribution in [3.05, 3.63) is 0 Å². The molecule has 1 rings (SSSR count). The standard InChI is InChI=1S/C8H14N2/c1-6(2)7-3-4-8(7,10)5-9/h6-7H,3-4,10H2,1-2H3. The van der Waals surface area contributed by atoms with E-state index >= 15 is 0 Å². The molecular weight excluding hydrogens is 124 g/mol. The van der Waals surface area contributed by atoms with E-state index in [2.05, 4.69) is 19.9 Å². The van der Waals surface area contributed by atoms with Crippen LogP contribution in [0.3, 0.4) is 0 Å². The van der Waals surface area contributed by atoms with E-state index in [-0.39, 0.29) is 0 Å². The summed E-state index contributed by atoms with van der Waals surface area (Å²) < 4.78 is 0. The predicted molar refractivity (Wildman–Crippen MR) is 40.1 cm³/mol. The van der Waals surface area contributed by atoms with Crippen LogP contribution in [0.4, 0.5) is 0 Å². The Hall–Kier alpha value is -0.550. The number of nitriles is 1. The summed E-state index contributed by atoms with van der Waals surface area (Å²) in [5.74, 6) is 0.982. The highest BCUT2D eigenvalue weighted by molar-refractivity contribution is 5.15. The molecule has 56 valence electrons. The van der Waals surface area contributed by atoms with E-state index in [0.717, 1.165) is 12.8 Å². The summed E-state index contributed by atoms with van der Waals surface area (Å²) in [4.78, 5) is 0. The van der Waals surface area contributed by atoms with Gasteiger partial charge in [0, 0.05) is 0 Å². The Morgan fingerprint density at radius 2 is 2.30 bits per heavy atom. The SMILES string of the molecule is CC(C)C1CCC1(N)C#N. The normalized spacial score (nSPS) is 38.9. The van der Waals surface area contributed by atoms with Crippen LogP contribution in [-0.2, 0) is 0 Å². The van der Waals surface area contributed by atoms with Gasteiger partial charge in [0.1, 0.15) is 5.54 Å². The molecular formula is C8H14N2. The van der Waals surface area contributed by atoms with Crippen LogP contribution in [0, 0.1) is 23.2 Å². The first-order valence-corrected chi connectivity index (χ1v) is 3.80. The van der Waals surface area contributed by atoms with E-state index < -0.39 is 5.54 Å². The maximum atomic E-state index is 8.69. The zero-order chi connectivity index (χ0) is 7.78. The molecule has 10 heavy (non-hydrogen) atoms. The van der Waals surface area contributed by atoms with Gasteiger partial charge < -0.3 is 5.73 Å². The van der Waals surface area contributed by atoms with E-state index in [0.29, 0.717) is 11.8 Å². The summed E-state index contributed by atoms with van der Waals surface area (Å²) in [5, 5.41) is 8.69. The van der Waals surface area contributed by atoms with Crippen LogP contribution in [0.25, 0.3) is 0 Å². The molecule has 0 aromatic rings. The minimum Gasteiger partial charge on any atom is -0.313 e. The van der Waals surface area contributed by atoms with Crippen LogP contribution >= 0.6 is 0 Å². The molecule has 0 aromatic heterocycles. The van der Waals surface area contributed by atoms with Crippen molar-refractivity contribution in [3.63, 3.8) is 0 Å². The lowest BCUT2D eigenvalue weighted by Gasteiger charge is -2.43. The quantitative estimate of drug-likeness (QED) is 0.593. The van der Waals surface area contributed by atoms with Crippen molar-refractivity contribution in [2.45, 2.75) is 32.2 Å². The zero-order valence-electron chi connectivity index (χ0n) is 6.59. The first kappa shape index (κ1) is 7.56. The van der Waals surface area contributed by atoms with Gasteiger partial charge >= 0.3 is 0 Å². The molecule has 0 amide bonds. The average molecular weight is 138 g/mol. The van der Waals surface area contributed by atoms with Crippen molar-refractivity contribution < 1.29 is 0 Å². The van der Waals surface area contributed by atoms with Gasteiger partial charge in [0.05, 0.1) is 6.07 Å². The van der Waals surface area contributed by atoms with E-state index in [1.807, 2.05) is 0 Å². The number of nitrogens with two attached hydrogens (primary N) is 1. The molecule has 1 aliphatic rings. The minimum absolute atomic E-state index is 0.428. The molecule has 1 fully saturated rings. The minimum atomic E-state index is -0.492. The third-order valence-electron chi connectivity index (χ3n) is 2.54. The Labute approximate surface area is 62.0 Å². The van der Waals surface area contributed by atoms with Crippen molar-refractivity contribution in [3.8, 4) is 6.07 Å². The van der Waals surface area contributed by atoms with Gasteiger partial charge in [-0.05, 0) is 24.7 Å². The molecule has 0 aliphatic heterocycles. The number of nitrogens with zero attached hydrogens (tertiary/aromatic N) is 1. The molecule has 0 aromatic carbocycles. The van der Waals surface area contributed by atoms with Crippen LogP contribution in [0.2, 0.25) is 0 Å². The summed E-state index contributed by atoms with van der Waals surface area (Å²) in [6, 6.07) is 2.19.